The summed E-state index contributed by atoms with van der Waals surface area (Å²) < 4.78 is 14.8. The molecule has 19 heavy (non-hydrogen) atoms. The molecule has 1 aromatic carbocycles. The van der Waals surface area contributed by atoms with Gasteiger partial charge in [0.15, 0.2) is 0 Å². The Labute approximate surface area is 128 Å². The number of likely N-dealkylation sites (N-methyl/N-ethyl adjacent to an activating group) is 1. The van der Waals surface area contributed by atoms with Gasteiger partial charge in [-0.2, -0.15) is 0 Å². The average Bonchev–Trinajstić information content (AvgIpc) is 2.39. The normalized spacial score (nSPS) is 12.4. The van der Waals surface area contributed by atoms with E-state index in [4.69, 9.17) is 0 Å². The van der Waals surface area contributed by atoms with E-state index in [1.54, 1.807) is 12.3 Å². The second kappa shape index (κ2) is 6.59. The van der Waals surface area contributed by atoms with Crippen LogP contribution in [0.15, 0.2) is 45.5 Å². The molecule has 5 heteroatoms. The summed E-state index contributed by atoms with van der Waals surface area (Å²) in [6.07, 6.45) is 2.50. The number of nitrogens with one attached hydrogen (secondary N) is 1. The molecule has 0 spiro atoms. The molecule has 0 bridgehead atoms. The Kier molecular flexibility index (Phi) is 5.07. The standard InChI is InChI=1S/C14H13Br2FN2/c1-18-13(14-11(15)3-2-6-19-14)7-9-4-5-10(17)8-12(9)16/h2-6,8,13,18H,7H2,1H3. The van der Waals surface area contributed by atoms with E-state index in [-0.39, 0.29) is 11.9 Å². The number of hydrogen-bond acceptors (Lipinski definition) is 2. The van der Waals surface area contributed by atoms with Gasteiger partial charge in [0.2, 0.25) is 0 Å². The quantitative estimate of drug-likeness (QED) is 0.848. The van der Waals surface area contributed by atoms with Crippen LogP contribution >= 0.6 is 31.9 Å². The third-order valence-corrected chi connectivity index (χ3v) is 4.31. The van der Waals surface area contributed by atoms with Gasteiger partial charge in [0.25, 0.3) is 0 Å². The van der Waals surface area contributed by atoms with E-state index in [1.165, 1.54) is 12.1 Å². The maximum Gasteiger partial charge on any atom is 0.124 e. The molecule has 1 heterocycles. The van der Waals surface area contributed by atoms with Crippen molar-refractivity contribution in [2.75, 3.05) is 7.05 Å². The fourth-order valence-electron chi connectivity index (χ4n) is 1.90. The molecule has 0 amide bonds. The minimum absolute atomic E-state index is 0.0670. The van der Waals surface area contributed by atoms with Crippen LogP contribution in [0.25, 0.3) is 0 Å². The highest BCUT2D eigenvalue weighted by molar-refractivity contribution is 9.10. The van der Waals surface area contributed by atoms with Crippen LogP contribution in [0.3, 0.4) is 0 Å². The van der Waals surface area contributed by atoms with Crippen molar-refractivity contribution in [2.24, 2.45) is 0 Å². The third-order valence-electron chi connectivity index (χ3n) is 2.90. The van der Waals surface area contributed by atoms with Crippen LogP contribution in [0.5, 0.6) is 0 Å². The van der Waals surface area contributed by atoms with Gasteiger partial charge in [0, 0.05) is 15.1 Å². The molecular formula is C14H13Br2FN2. The van der Waals surface area contributed by atoms with Crippen molar-refractivity contribution in [1.29, 1.82) is 0 Å². The lowest BCUT2D eigenvalue weighted by Gasteiger charge is -2.17. The molecule has 100 valence electrons. The van der Waals surface area contributed by atoms with Gasteiger partial charge in [-0.25, -0.2) is 4.39 Å². The zero-order chi connectivity index (χ0) is 13.8. The van der Waals surface area contributed by atoms with Crippen LogP contribution in [0.4, 0.5) is 4.39 Å². The molecule has 2 aromatic rings. The summed E-state index contributed by atoms with van der Waals surface area (Å²) in [5, 5.41) is 3.24. The predicted octanol–water partition coefficient (Wildman–Crippen LogP) is 4.25. The first-order chi connectivity index (χ1) is 9.11. The monoisotopic (exact) mass is 386 g/mol. The van der Waals surface area contributed by atoms with Gasteiger partial charge >= 0.3 is 0 Å². The van der Waals surface area contributed by atoms with Crippen molar-refractivity contribution < 1.29 is 4.39 Å². The van der Waals surface area contributed by atoms with E-state index in [0.717, 1.165) is 26.6 Å². The second-order valence-electron chi connectivity index (χ2n) is 4.15. The Balaban J connectivity index is 2.27. The SMILES string of the molecule is CNC(Cc1ccc(F)cc1Br)c1ncccc1Br. The minimum Gasteiger partial charge on any atom is -0.311 e. The molecule has 0 aliphatic heterocycles. The van der Waals surface area contributed by atoms with Crippen molar-refractivity contribution in [1.82, 2.24) is 10.3 Å². The van der Waals surface area contributed by atoms with E-state index in [1.807, 2.05) is 19.2 Å². The van der Waals surface area contributed by atoms with Gasteiger partial charge in [-0.1, -0.05) is 22.0 Å². The molecule has 1 aromatic heterocycles. The summed E-state index contributed by atoms with van der Waals surface area (Å²) in [6.45, 7) is 0. The molecule has 2 nitrogen and oxygen atoms in total. The van der Waals surface area contributed by atoms with Gasteiger partial charge in [-0.05, 0) is 59.2 Å². The smallest absolute Gasteiger partial charge is 0.124 e. The van der Waals surface area contributed by atoms with Crippen LogP contribution in [0, 0.1) is 5.82 Å². The zero-order valence-corrected chi connectivity index (χ0v) is 13.5. The number of rotatable bonds is 4. The largest absolute Gasteiger partial charge is 0.311 e. The van der Waals surface area contributed by atoms with Gasteiger partial charge in [0.05, 0.1) is 11.7 Å². The number of halogens is 3. The third kappa shape index (κ3) is 3.61. The van der Waals surface area contributed by atoms with E-state index in [9.17, 15) is 4.39 Å². The van der Waals surface area contributed by atoms with Crippen molar-refractivity contribution in [3.8, 4) is 0 Å². The van der Waals surface area contributed by atoms with Crippen LogP contribution < -0.4 is 5.32 Å². The topological polar surface area (TPSA) is 24.9 Å². The fourth-order valence-corrected chi connectivity index (χ4v) is 2.94. The predicted molar refractivity (Wildman–Crippen MR) is 81.5 cm³/mol. The lowest BCUT2D eigenvalue weighted by atomic mass is 10.0. The minimum atomic E-state index is -0.240. The van der Waals surface area contributed by atoms with Crippen LogP contribution in [0.1, 0.15) is 17.3 Å². The van der Waals surface area contributed by atoms with Crippen molar-refractivity contribution >= 4 is 31.9 Å². The highest BCUT2D eigenvalue weighted by Gasteiger charge is 2.16. The number of nitrogens with zero attached hydrogens (tertiary/aromatic N) is 1. The Hall–Kier alpha value is -0.780. The zero-order valence-electron chi connectivity index (χ0n) is 10.3. The number of pyridine rings is 1. The first-order valence-electron chi connectivity index (χ1n) is 5.83. The van der Waals surface area contributed by atoms with E-state index < -0.39 is 0 Å². The van der Waals surface area contributed by atoms with Gasteiger partial charge < -0.3 is 5.32 Å². The molecule has 0 fully saturated rings. The molecule has 1 atom stereocenters. The van der Waals surface area contributed by atoms with Gasteiger partial charge in [0.1, 0.15) is 5.82 Å². The molecule has 0 saturated heterocycles. The molecule has 2 rings (SSSR count). The van der Waals surface area contributed by atoms with E-state index in [0.29, 0.717) is 0 Å². The molecule has 1 unspecified atom stereocenters. The summed E-state index contributed by atoms with van der Waals surface area (Å²) in [4.78, 5) is 4.39. The summed E-state index contributed by atoms with van der Waals surface area (Å²) in [7, 11) is 1.89. The fraction of sp³-hybridized carbons (Fsp3) is 0.214. The van der Waals surface area contributed by atoms with Crippen molar-refractivity contribution in [3.63, 3.8) is 0 Å². The molecule has 0 aliphatic carbocycles. The molecule has 0 radical (unpaired) electrons. The average molecular weight is 388 g/mol. The van der Waals surface area contributed by atoms with Crippen molar-refractivity contribution in [3.05, 3.63) is 62.5 Å². The van der Waals surface area contributed by atoms with Crippen LogP contribution in [-0.4, -0.2) is 12.0 Å². The summed E-state index contributed by atoms with van der Waals surface area (Å²) in [6, 6.07) is 8.66. The number of benzene rings is 1. The van der Waals surface area contributed by atoms with Gasteiger partial charge in [-0.3, -0.25) is 4.98 Å². The highest BCUT2D eigenvalue weighted by atomic mass is 79.9. The number of hydrogen-bond donors (Lipinski definition) is 1. The summed E-state index contributed by atoms with van der Waals surface area (Å²) in [5.41, 5.74) is 1.99. The maximum absolute atomic E-state index is 13.1. The molecule has 0 saturated carbocycles. The lowest BCUT2D eigenvalue weighted by molar-refractivity contribution is 0.570. The van der Waals surface area contributed by atoms with Crippen LogP contribution in [-0.2, 0) is 6.42 Å². The lowest BCUT2D eigenvalue weighted by Crippen LogP contribution is -2.20. The Morgan fingerprint density at radius 1 is 1.26 bits per heavy atom. The molecule has 1 N–H and O–H groups in total. The van der Waals surface area contributed by atoms with Crippen LogP contribution in [0.2, 0.25) is 0 Å². The van der Waals surface area contributed by atoms with E-state index in [2.05, 4.69) is 42.2 Å². The first-order valence-corrected chi connectivity index (χ1v) is 7.42. The highest BCUT2D eigenvalue weighted by Crippen LogP contribution is 2.27. The Morgan fingerprint density at radius 2 is 2.05 bits per heavy atom. The second-order valence-corrected chi connectivity index (χ2v) is 5.86. The van der Waals surface area contributed by atoms with Crippen molar-refractivity contribution in [2.45, 2.75) is 12.5 Å². The number of aromatic nitrogens is 1. The Morgan fingerprint density at radius 3 is 2.68 bits per heavy atom. The van der Waals surface area contributed by atoms with Gasteiger partial charge in [-0.15, -0.1) is 0 Å². The Bertz CT molecular complexity index is 575. The summed E-state index contributed by atoms with van der Waals surface area (Å²) in [5.74, 6) is -0.240. The maximum atomic E-state index is 13.1. The molecular weight excluding hydrogens is 375 g/mol. The first kappa shape index (κ1) is 14.6. The molecule has 0 aliphatic rings. The van der Waals surface area contributed by atoms with E-state index >= 15 is 0 Å². The summed E-state index contributed by atoms with van der Waals surface area (Å²) >= 11 is 6.90.